The number of nitrogens with zero attached hydrogens (tertiary/aromatic N) is 1. The van der Waals surface area contributed by atoms with Crippen LogP contribution in [0.5, 0.6) is 11.5 Å². The molecule has 5 nitrogen and oxygen atoms in total. The highest BCUT2D eigenvalue weighted by molar-refractivity contribution is 5.71. The van der Waals surface area contributed by atoms with Crippen LogP contribution in [0.3, 0.4) is 0 Å². The first kappa shape index (κ1) is 28.2. The van der Waals surface area contributed by atoms with E-state index in [2.05, 4.69) is 24.5 Å². The van der Waals surface area contributed by atoms with Crippen molar-refractivity contribution in [1.29, 1.82) is 0 Å². The number of ether oxygens (including phenoxy) is 3. The summed E-state index contributed by atoms with van der Waals surface area (Å²) in [5.41, 5.74) is 5.48. The van der Waals surface area contributed by atoms with Crippen LogP contribution >= 0.6 is 0 Å². The Morgan fingerprint density at radius 2 is 1.90 bits per heavy atom. The lowest BCUT2D eigenvalue weighted by Crippen LogP contribution is -2.35. The van der Waals surface area contributed by atoms with Crippen LogP contribution in [0.4, 0.5) is 4.39 Å². The molecule has 39 heavy (non-hydrogen) atoms. The summed E-state index contributed by atoms with van der Waals surface area (Å²) in [6.45, 7) is 9.53. The molecule has 0 saturated carbocycles. The van der Waals surface area contributed by atoms with E-state index in [1.165, 1.54) is 13.2 Å². The van der Waals surface area contributed by atoms with Crippen molar-refractivity contribution in [1.82, 2.24) is 4.90 Å². The summed E-state index contributed by atoms with van der Waals surface area (Å²) in [7, 11) is 2.99. The zero-order valence-corrected chi connectivity index (χ0v) is 23.3. The largest absolute Gasteiger partial charge is 0.497 e. The van der Waals surface area contributed by atoms with Crippen LogP contribution in [-0.2, 0) is 22.7 Å². The Hall–Kier alpha value is -3.80. The van der Waals surface area contributed by atoms with Gasteiger partial charge < -0.3 is 19.1 Å². The van der Waals surface area contributed by atoms with Gasteiger partial charge in [0.1, 0.15) is 23.9 Å². The second kappa shape index (κ2) is 12.8. The van der Waals surface area contributed by atoms with E-state index in [0.29, 0.717) is 36.9 Å². The fourth-order valence-electron chi connectivity index (χ4n) is 5.16. The second-order valence-corrected chi connectivity index (χ2v) is 10.3. The molecular weight excluding hydrogens is 493 g/mol. The zero-order valence-electron chi connectivity index (χ0n) is 23.3. The minimum absolute atomic E-state index is 0.0178. The lowest BCUT2D eigenvalue weighted by atomic mass is 9.94. The molecule has 3 aromatic carbocycles. The number of esters is 1. The number of carbonyl (C=O) groups is 1. The summed E-state index contributed by atoms with van der Waals surface area (Å²) in [5, 5.41) is 0. The molecule has 3 aromatic rings. The smallest absolute Gasteiger partial charge is 0.306 e. The molecule has 1 heterocycles. The molecule has 0 aromatic heterocycles. The molecule has 0 N–H and O–H groups in total. The van der Waals surface area contributed by atoms with Crippen LogP contribution in [0.1, 0.15) is 62.1 Å². The minimum Gasteiger partial charge on any atom is -0.497 e. The van der Waals surface area contributed by atoms with Crippen molar-refractivity contribution in [3.8, 4) is 22.6 Å². The number of carbonyl (C=O) groups excluding carboxylic acids is 1. The highest BCUT2D eigenvalue weighted by atomic mass is 19.1. The third-order valence-corrected chi connectivity index (χ3v) is 7.53. The van der Waals surface area contributed by atoms with Crippen molar-refractivity contribution >= 4 is 5.97 Å². The number of halogens is 1. The minimum atomic E-state index is -0.288. The molecule has 0 bridgehead atoms. The monoisotopic (exact) mass is 531 g/mol. The quantitative estimate of drug-likeness (QED) is 0.252. The van der Waals surface area contributed by atoms with E-state index in [0.717, 1.165) is 53.0 Å². The molecule has 0 unspecified atom stereocenters. The van der Waals surface area contributed by atoms with E-state index in [4.69, 9.17) is 14.2 Å². The van der Waals surface area contributed by atoms with Gasteiger partial charge >= 0.3 is 5.97 Å². The van der Waals surface area contributed by atoms with Crippen molar-refractivity contribution < 1.29 is 23.4 Å². The first-order valence-electron chi connectivity index (χ1n) is 13.5. The number of benzene rings is 3. The molecule has 0 spiro atoms. The Kier molecular flexibility index (Phi) is 9.28. The topological polar surface area (TPSA) is 48.0 Å². The van der Waals surface area contributed by atoms with E-state index < -0.39 is 0 Å². The number of hydrogen-bond donors (Lipinski definition) is 0. The van der Waals surface area contributed by atoms with Crippen molar-refractivity contribution in [2.45, 2.75) is 64.6 Å². The molecule has 1 saturated heterocycles. The number of likely N-dealkylation sites (tertiary alicyclic amines) is 1. The molecule has 4 rings (SSSR count). The Labute approximate surface area is 231 Å². The Morgan fingerprint density at radius 1 is 1.08 bits per heavy atom. The standard InChI is InChI=1S/C33H38FNO4/c1-22(16-33(36)38-5)26-10-7-11-29(18-26)39-21-25-12-14-30(31-19-28(37-4)13-15-32(31)34)27(17-25)20-35-23(2)8-6-9-24(35)3/h7,10-15,17-19,22,24H,2,6,8-9,16,20-21H2,1,3-5H3/t22-,24+/m1/s1. The average molecular weight is 532 g/mol. The molecule has 1 aliphatic rings. The molecule has 0 amide bonds. The van der Waals surface area contributed by atoms with E-state index in [1.54, 1.807) is 19.2 Å². The van der Waals surface area contributed by atoms with E-state index >= 15 is 4.39 Å². The molecule has 1 fully saturated rings. The zero-order chi connectivity index (χ0) is 27.9. The average Bonchev–Trinajstić information content (AvgIpc) is 2.94. The second-order valence-electron chi connectivity index (χ2n) is 10.3. The number of methoxy groups -OCH3 is 2. The molecule has 6 heteroatoms. The van der Waals surface area contributed by atoms with Gasteiger partial charge in [-0.15, -0.1) is 0 Å². The molecular formula is C33H38FNO4. The Balaban J connectivity index is 1.60. The number of piperidine rings is 1. The third-order valence-electron chi connectivity index (χ3n) is 7.53. The molecule has 0 aliphatic carbocycles. The van der Waals surface area contributed by atoms with E-state index in [9.17, 15) is 4.79 Å². The Morgan fingerprint density at radius 3 is 2.64 bits per heavy atom. The van der Waals surface area contributed by atoms with E-state index in [-0.39, 0.29) is 17.7 Å². The van der Waals surface area contributed by atoms with Crippen LogP contribution in [0.15, 0.2) is 72.9 Å². The van der Waals surface area contributed by atoms with Gasteiger partial charge in [-0.05, 0) is 90.8 Å². The predicted octanol–water partition coefficient (Wildman–Crippen LogP) is 7.64. The summed E-state index contributed by atoms with van der Waals surface area (Å²) in [4.78, 5) is 14.0. The van der Waals surface area contributed by atoms with Gasteiger partial charge in [-0.25, -0.2) is 4.39 Å². The fourth-order valence-corrected chi connectivity index (χ4v) is 5.16. The summed E-state index contributed by atoms with van der Waals surface area (Å²) in [6, 6.07) is 19.1. The summed E-state index contributed by atoms with van der Waals surface area (Å²) in [5.74, 6) is 0.835. The first-order chi connectivity index (χ1) is 18.8. The van der Waals surface area contributed by atoms with Gasteiger partial charge in [0.25, 0.3) is 0 Å². The summed E-state index contributed by atoms with van der Waals surface area (Å²) in [6.07, 6.45) is 3.53. The molecule has 0 radical (unpaired) electrons. The van der Waals surface area contributed by atoms with E-state index in [1.807, 2.05) is 43.3 Å². The SMILES string of the molecule is C=C1CCC[C@H](C)N1Cc1cc(COc2cccc([C@H](C)CC(=O)OC)c2)ccc1-c1cc(OC)ccc1F. The highest BCUT2D eigenvalue weighted by Crippen LogP contribution is 2.34. The van der Waals surface area contributed by atoms with Crippen molar-refractivity contribution in [2.75, 3.05) is 14.2 Å². The van der Waals surface area contributed by atoms with Gasteiger partial charge in [0.15, 0.2) is 0 Å². The van der Waals surface area contributed by atoms with Gasteiger partial charge in [0, 0.05) is 23.8 Å². The third kappa shape index (κ3) is 6.99. The van der Waals surface area contributed by atoms with Gasteiger partial charge in [-0.2, -0.15) is 0 Å². The lowest BCUT2D eigenvalue weighted by molar-refractivity contribution is -0.140. The van der Waals surface area contributed by atoms with Crippen molar-refractivity contribution in [3.05, 3.63) is 95.4 Å². The highest BCUT2D eigenvalue weighted by Gasteiger charge is 2.23. The number of allylic oxidation sites excluding steroid dienone is 1. The van der Waals surface area contributed by atoms with Crippen molar-refractivity contribution in [3.63, 3.8) is 0 Å². The molecule has 1 aliphatic heterocycles. The maximum absolute atomic E-state index is 15.0. The lowest BCUT2D eigenvalue weighted by Gasteiger charge is -2.37. The van der Waals surface area contributed by atoms with Gasteiger partial charge in [0.2, 0.25) is 0 Å². The van der Waals surface area contributed by atoms with Crippen LogP contribution < -0.4 is 9.47 Å². The van der Waals surface area contributed by atoms with Crippen LogP contribution in [-0.4, -0.2) is 31.1 Å². The Bertz CT molecular complexity index is 1320. The number of rotatable bonds is 10. The molecule has 2 atom stereocenters. The normalized spacial score (nSPS) is 16.1. The fraction of sp³-hybridized carbons (Fsp3) is 0.364. The number of hydrogen-bond acceptors (Lipinski definition) is 5. The summed E-state index contributed by atoms with van der Waals surface area (Å²) < 4.78 is 31.4. The predicted molar refractivity (Wildman–Crippen MR) is 152 cm³/mol. The van der Waals surface area contributed by atoms with Crippen LogP contribution in [0.2, 0.25) is 0 Å². The van der Waals surface area contributed by atoms with Crippen LogP contribution in [0, 0.1) is 5.82 Å². The van der Waals surface area contributed by atoms with Gasteiger partial charge in [0.05, 0.1) is 20.6 Å². The maximum atomic E-state index is 15.0. The van der Waals surface area contributed by atoms with Gasteiger partial charge in [-0.1, -0.05) is 37.8 Å². The van der Waals surface area contributed by atoms with Crippen LogP contribution in [0.25, 0.3) is 11.1 Å². The first-order valence-corrected chi connectivity index (χ1v) is 13.5. The summed E-state index contributed by atoms with van der Waals surface area (Å²) >= 11 is 0. The molecule has 206 valence electrons. The maximum Gasteiger partial charge on any atom is 0.306 e. The van der Waals surface area contributed by atoms with Crippen molar-refractivity contribution in [2.24, 2.45) is 0 Å². The van der Waals surface area contributed by atoms with Gasteiger partial charge in [-0.3, -0.25) is 4.79 Å².